The molecule has 1 aliphatic heterocycles. The van der Waals surface area contributed by atoms with Gasteiger partial charge in [0.1, 0.15) is 8.07 Å². The summed E-state index contributed by atoms with van der Waals surface area (Å²) in [5.74, 6) is 3.29. The molecule has 1 aromatic carbocycles. The quantitative estimate of drug-likeness (QED) is 0.492. The smallest absolute Gasteiger partial charge is 0.129 e. The van der Waals surface area contributed by atoms with E-state index in [-0.39, 0.29) is 0 Å². The lowest BCUT2D eigenvalue weighted by Gasteiger charge is -2.16. The summed E-state index contributed by atoms with van der Waals surface area (Å²) in [6.45, 7) is 8.40. The first-order valence-corrected chi connectivity index (χ1v) is 9.27. The first-order chi connectivity index (χ1) is 7.54. The fraction of sp³-hybridized carbons (Fsp3) is 0.429. The molecule has 2 heteroatoms. The second-order valence-corrected chi connectivity index (χ2v) is 10.0. The van der Waals surface area contributed by atoms with Gasteiger partial charge in [0, 0.05) is 5.56 Å². The molecule has 0 fully saturated rings. The number of ether oxygens (including phenoxy) is 1. The molecule has 2 rings (SSSR count). The molecule has 0 aromatic heterocycles. The predicted molar refractivity (Wildman–Crippen MR) is 70.0 cm³/mol. The van der Waals surface area contributed by atoms with Crippen LogP contribution in [0.25, 0.3) is 0 Å². The molecule has 0 amide bonds. The maximum absolute atomic E-state index is 5.46. The highest BCUT2D eigenvalue weighted by molar-refractivity contribution is 6.83. The third kappa shape index (κ3) is 2.97. The van der Waals surface area contributed by atoms with Gasteiger partial charge in [0.05, 0.1) is 13.2 Å². The van der Waals surface area contributed by atoms with Crippen molar-refractivity contribution in [1.29, 1.82) is 0 Å². The zero-order valence-electron chi connectivity index (χ0n) is 10.3. The normalized spacial score (nSPS) is 14.9. The van der Waals surface area contributed by atoms with Gasteiger partial charge in [-0.2, -0.15) is 0 Å². The lowest BCUT2D eigenvalue weighted by atomic mass is 10.0. The molecule has 84 valence electrons. The number of hydrogen-bond acceptors (Lipinski definition) is 1. The standard InChI is InChI=1S/C14H18OSi/c1-16(2,3)9-7-12-4-5-13-6-8-15-11-14(13)10-12/h4-5,10H,6,8,11H2,1-3H3. The maximum atomic E-state index is 5.46. The molecule has 0 spiro atoms. The van der Waals surface area contributed by atoms with E-state index in [1.165, 1.54) is 11.1 Å². The zero-order chi connectivity index (χ0) is 11.6. The summed E-state index contributed by atoms with van der Waals surface area (Å²) in [7, 11) is -1.27. The van der Waals surface area contributed by atoms with Crippen molar-refractivity contribution in [2.45, 2.75) is 32.7 Å². The maximum Gasteiger partial charge on any atom is 0.129 e. The van der Waals surface area contributed by atoms with E-state index < -0.39 is 8.07 Å². The third-order valence-electron chi connectivity index (χ3n) is 2.56. The summed E-state index contributed by atoms with van der Waals surface area (Å²) < 4.78 is 5.46. The van der Waals surface area contributed by atoms with Crippen molar-refractivity contribution in [1.82, 2.24) is 0 Å². The molecular formula is C14H18OSi. The largest absolute Gasteiger partial charge is 0.376 e. The topological polar surface area (TPSA) is 9.23 Å². The molecule has 0 unspecified atom stereocenters. The minimum Gasteiger partial charge on any atom is -0.376 e. The summed E-state index contributed by atoms with van der Waals surface area (Å²) in [5, 5.41) is 0. The van der Waals surface area contributed by atoms with Crippen LogP contribution in [-0.2, 0) is 17.8 Å². The highest BCUT2D eigenvalue weighted by atomic mass is 28.3. The SMILES string of the molecule is C[Si](C)(C)C#Cc1ccc2c(c1)COCC2. The molecule has 1 aliphatic rings. The van der Waals surface area contributed by atoms with Crippen LogP contribution in [0.1, 0.15) is 16.7 Å². The summed E-state index contributed by atoms with van der Waals surface area (Å²) >= 11 is 0. The minimum absolute atomic E-state index is 0.748. The van der Waals surface area contributed by atoms with Crippen molar-refractivity contribution in [2.24, 2.45) is 0 Å². The summed E-state index contributed by atoms with van der Waals surface area (Å²) in [6, 6.07) is 6.52. The van der Waals surface area contributed by atoms with Gasteiger partial charge >= 0.3 is 0 Å². The summed E-state index contributed by atoms with van der Waals surface area (Å²) in [4.78, 5) is 0. The van der Waals surface area contributed by atoms with Gasteiger partial charge in [-0.15, -0.1) is 5.54 Å². The first kappa shape index (κ1) is 11.4. The van der Waals surface area contributed by atoms with Crippen LogP contribution < -0.4 is 0 Å². The fourth-order valence-electron chi connectivity index (χ4n) is 1.71. The van der Waals surface area contributed by atoms with Crippen LogP contribution in [-0.4, -0.2) is 14.7 Å². The van der Waals surface area contributed by atoms with Crippen molar-refractivity contribution < 1.29 is 4.74 Å². The molecule has 0 aliphatic carbocycles. The Balaban J connectivity index is 2.26. The van der Waals surface area contributed by atoms with Crippen LogP contribution >= 0.6 is 0 Å². The fourth-order valence-corrected chi connectivity index (χ4v) is 2.23. The van der Waals surface area contributed by atoms with Gasteiger partial charge in [0.15, 0.2) is 0 Å². The summed E-state index contributed by atoms with van der Waals surface area (Å²) in [5.41, 5.74) is 7.26. The van der Waals surface area contributed by atoms with E-state index in [0.717, 1.165) is 25.2 Å². The van der Waals surface area contributed by atoms with Crippen molar-refractivity contribution in [3.63, 3.8) is 0 Å². The Kier molecular flexibility index (Phi) is 3.18. The number of rotatable bonds is 0. The van der Waals surface area contributed by atoms with Crippen LogP contribution in [0, 0.1) is 11.5 Å². The van der Waals surface area contributed by atoms with Crippen LogP contribution in [0.5, 0.6) is 0 Å². The van der Waals surface area contributed by atoms with Crippen molar-refractivity contribution in [3.8, 4) is 11.5 Å². The average Bonchev–Trinajstić information content (AvgIpc) is 2.25. The Morgan fingerprint density at radius 2 is 2.00 bits per heavy atom. The molecule has 0 saturated heterocycles. The highest BCUT2D eigenvalue weighted by Gasteiger charge is 2.10. The van der Waals surface area contributed by atoms with E-state index in [0.29, 0.717) is 0 Å². The van der Waals surface area contributed by atoms with Gasteiger partial charge in [-0.3, -0.25) is 0 Å². The molecule has 1 aromatic rings. The van der Waals surface area contributed by atoms with Crippen LogP contribution in [0.3, 0.4) is 0 Å². The molecule has 1 nitrogen and oxygen atoms in total. The molecule has 0 bridgehead atoms. The third-order valence-corrected chi connectivity index (χ3v) is 3.44. The van der Waals surface area contributed by atoms with Gasteiger partial charge in [-0.25, -0.2) is 0 Å². The van der Waals surface area contributed by atoms with Gasteiger partial charge in [-0.05, 0) is 29.7 Å². The summed E-state index contributed by atoms with van der Waals surface area (Å²) in [6.07, 6.45) is 1.04. The van der Waals surface area contributed by atoms with Crippen LogP contribution in [0.4, 0.5) is 0 Å². The van der Waals surface area contributed by atoms with Gasteiger partial charge < -0.3 is 4.74 Å². The molecule has 0 atom stereocenters. The van der Waals surface area contributed by atoms with Crippen molar-refractivity contribution >= 4 is 8.07 Å². The monoisotopic (exact) mass is 230 g/mol. The molecule has 1 heterocycles. The Morgan fingerprint density at radius 1 is 1.19 bits per heavy atom. The van der Waals surface area contributed by atoms with Gasteiger partial charge in [-0.1, -0.05) is 31.6 Å². The van der Waals surface area contributed by atoms with Crippen molar-refractivity contribution in [2.75, 3.05) is 6.61 Å². The Morgan fingerprint density at radius 3 is 2.75 bits per heavy atom. The Labute approximate surface area is 98.8 Å². The molecule has 0 N–H and O–H groups in total. The second kappa shape index (κ2) is 4.45. The minimum atomic E-state index is -1.27. The number of hydrogen-bond donors (Lipinski definition) is 0. The molecule has 16 heavy (non-hydrogen) atoms. The number of fused-ring (bicyclic) bond motifs is 1. The van der Waals surface area contributed by atoms with E-state index in [1.54, 1.807) is 0 Å². The predicted octanol–water partition coefficient (Wildman–Crippen LogP) is 2.99. The first-order valence-electron chi connectivity index (χ1n) is 5.77. The van der Waals surface area contributed by atoms with Gasteiger partial charge in [0.25, 0.3) is 0 Å². The van der Waals surface area contributed by atoms with E-state index in [4.69, 9.17) is 4.74 Å². The Hall–Kier alpha value is -1.04. The van der Waals surface area contributed by atoms with E-state index in [1.807, 2.05) is 0 Å². The Bertz CT molecular complexity index is 446. The number of benzene rings is 1. The second-order valence-electron chi connectivity index (χ2n) is 5.29. The van der Waals surface area contributed by atoms with Crippen molar-refractivity contribution in [3.05, 3.63) is 34.9 Å². The molecule has 0 radical (unpaired) electrons. The lowest BCUT2D eigenvalue weighted by molar-refractivity contribution is 0.111. The van der Waals surface area contributed by atoms with E-state index in [9.17, 15) is 0 Å². The molecular weight excluding hydrogens is 212 g/mol. The average molecular weight is 230 g/mol. The van der Waals surface area contributed by atoms with E-state index in [2.05, 4.69) is 49.3 Å². The van der Waals surface area contributed by atoms with Crippen LogP contribution in [0.2, 0.25) is 19.6 Å². The highest BCUT2D eigenvalue weighted by Crippen LogP contribution is 2.17. The zero-order valence-corrected chi connectivity index (χ0v) is 11.3. The van der Waals surface area contributed by atoms with Crippen LogP contribution in [0.15, 0.2) is 18.2 Å². The molecule has 0 saturated carbocycles. The van der Waals surface area contributed by atoms with E-state index >= 15 is 0 Å². The van der Waals surface area contributed by atoms with Gasteiger partial charge in [0.2, 0.25) is 0 Å². The lowest BCUT2D eigenvalue weighted by Crippen LogP contribution is -2.16.